The van der Waals surface area contributed by atoms with E-state index >= 15 is 0 Å². The smallest absolute Gasteiger partial charge is 0.231 e. The second-order valence-electron chi connectivity index (χ2n) is 5.18. The maximum Gasteiger partial charge on any atom is 0.231 e. The van der Waals surface area contributed by atoms with Gasteiger partial charge in [-0.05, 0) is 19.2 Å². The van der Waals surface area contributed by atoms with Crippen LogP contribution in [-0.2, 0) is 4.79 Å². The zero-order chi connectivity index (χ0) is 15.9. The zero-order valence-electron chi connectivity index (χ0n) is 13.2. The Morgan fingerprint density at radius 1 is 1.35 bits per heavy atom. The predicted octanol–water partition coefficient (Wildman–Crippen LogP) is 0.549. The molecule has 23 heavy (non-hydrogen) atoms. The minimum Gasteiger partial charge on any atom is -0.491 e. The van der Waals surface area contributed by atoms with Crippen LogP contribution >= 0.6 is 12.4 Å². The summed E-state index contributed by atoms with van der Waals surface area (Å²) in [7, 11) is 1.79. The van der Waals surface area contributed by atoms with Crippen LogP contribution in [0, 0.1) is 5.92 Å². The molecule has 1 amide bonds. The fraction of sp³-hybridized carbons (Fsp3) is 0.533. The molecule has 1 heterocycles. The largest absolute Gasteiger partial charge is 0.491 e. The Morgan fingerprint density at radius 3 is 2.83 bits per heavy atom. The number of hydrogen-bond donors (Lipinski definition) is 3. The van der Waals surface area contributed by atoms with Crippen molar-refractivity contribution in [2.45, 2.75) is 13.0 Å². The Bertz CT molecular complexity index is 515. The van der Waals surface area contributed by atoms with Gasteiger partial charge < -0.3 is 30.0 Å². The highest BCUT2D eigenvalue weighted by Gasteiger charge is 2.16. The van der Waals surface area contributed by atoms with E-state index in [1.807, 2.05) is 6.92 Å². The van der Waals surface area contributed by atoms with Gasteiger partial charge in [-0.15, -0.1) is 12.4 Å². The summed E-state index contributed by atoms with van der Waals surface area (Å²) in [5.41, 5.74) is 0. The van der Waals surface area contributed by atoms with Gasteiger partial charge in [-0.3, -0.25) is 4.79 Å². The van der Waals surface area contributed by atoms with Gasteiger partial charge in [0.15, 0.2) is 11.5 Å². The Balaban J connectivity index is 0.00000264. The summed E-state index contributed by atoms with van der Waals surface area (Å²) in [6.07, 6.45) is -0.781. The summed E-state index contributed by atoms with van der Waals surface area (Å²) >= 11 is 0. The van der Waals surface area contributed by atoms with Gasteiger partial charge in [0.05, 0.1) is 0 Å². The number of amides is 1. The van der Waals surface area contributed by atoms with E-state index in [-0.39, 0.29) is 44.2 Å². The molecule has 0 spiro atoms. The van der Waals surface area contributed by atoms with Crippen LogP contribution in [0.1, 0.15) is 6.92 Å². The van der Waals surface area contributed by atoms with Crippen molar-refractivity contribution in [1.82, 2.24) is 10.6 Å². The summed E-state index contributed by atoms with van der Waals surface area (Å²) < 4.78 is 15.9. The number of rotatable bonds is 8. The van der Waals surface area contributed by atoms with E-state index in [4.69, 9.17) is 14.2 Å². The van der Waals surface area contributed by atoms with Crippen molar-refractivity contribution in [3.63, 3.8) is 0 Å². The van der Waals surface area contributed by atoms with Crippen LogP contribution in [0.5, 0.6) is 17.2 Å². The second kappa shape index (κ2) is 9.44. The zero-order valence-corrected chi connectivity index (χ0v) is 14.0. The van der Waals surface area contributed by atoms with E-state index in [1.54, 1.807) is 25.2 Å². The molecular weight excluding hydrogens is 324 g/mol. The molecule has 2 unspecified atom stereocenters. The van der Waals surface area contributed by atoms with E-state index in [0.717, 1.165) is 0 Å². The molecule has 0 radical (unpaired) electrons. The molecule has 0 fully saturated rings. The molecule has 2 rings (SSSR count). The van der Waals surface area contributed by atoms with E-state index in [1.165, 1.54) is 0 Å². The van der Waals surface area contributed by atoms with Crippen LogP contribution in [0.2, 0.25) is 0 Å². The molecule has 0 saturated heterocycles. The lowest BCUT2D eigenvalue weighted by Crippen LogP contribution is -2.40. The minimum atomic E-state index is -0.781. The Kier molecular flexibility index (Phi) is 7.94. The quantitative estimate of drug-likeness (QED) is 0.637. The third-order valence-electron chi connectivity index (χ3n) is 3.26. The van der Waals surface area contributed by atoms with Gasteiger partial charge in [0, 0.05) is 25.1 Å². The van der Waals surface area contributed by atoms with Gasteiger partial charge >= 0.3 is 0 Å². The second-order valence-corrected chi connectivity index (χ2v) is 5.18. The van der Waals surface area contributed by atoms with Crippen LogP contribution in [0.25, 0.3) is 0 Å². The molecule has 0 aromatic heterocycles. The van der Waals surface area contributed by atoms with Crippen molar-refractivity contribution in [3.05, 3.63) is 18.2 Å². The number of aliphatic hydroxyl groups is 1. The Morgan fingerprint density at radius 2 is 2.09 bits per heavy atom. The van der Waals surface area contributed by atoms with E-state index in [0.29, 0.717) is 23.8 Å². The number of fused-ring (bicyclic) bond motifs is 1. The first-order chi connectivity index (χ1) is 10.6. The fourth-order valence-corrected chi connectivity index (χ4v) is 2.01. The number of benzene rings is 1. The monoisotopic (exact) mass is 346 g/mol. The minimum absolute atomic E-state index is 0. The normalized spacial score (nSPS) is 14.6. The lowest BCUT2D eigenvalue weighted by molar-refractivity contribution is -0.124. The highest BCUT2D eigenvalue weighted by Crippen LogP contribution is 2.35. The molecule has 3 N–H and O–H groups in total. The van der Waals surface area contributed by atoms with Crippen LogP contribution in [0.4, 0.5) is 0 Å². The van der Waals surface area contributed by atoms with Crippen molar-refractivity contribution < 1.29 is 24.1 Å². The van der Waals surface area contributed by atoms with Gasteiger partial charge in [0.1, 0.15) is 18.5 Å². The average molecular weight is 347 g/mol. The van der Waals surface area contributed by atoms with Crippen LogP contribution in [-0.4, -0.2) is 50.7 Å². The van der Waals surface area contributed by atoms with Crippen LogP contribution < -0.4 is 24.8 Å². The molecule has 1 aliphatic heterocycles. The number of hydrogen-bond acceptors (Lipinski definition) is 6. The molecule has 0 aliphatic carbocycles. The van der Waals surface area contributed by atoms with Crippen molar-refractivity contribution in [2.24, 2.45) is 5.92 Å². The van der Waals surface area contributed by atoms with Crippen LogP contribution in [0.3, 0.4) is 0 Å². The Labute approximate surface area is 141 Å². The van der Waals surface area contributed by atoms with Crippen molar-refractivity contribution >= 4 is 18.3 Å². The summed E-state index contributed by atoms with van der Waals surface area (Å²) in [4.78, 5) is 11.7. The molecule has 7 nitrogen and oxygen atoms in total. The maximum atomic E-state index is 11.7. The number of carbonyl (C=O) groups excluding carboxylic acids is 1. The van der Waals surface area contributed by atoms with Crippen molar-refractivity contribution in [1.29, 1.82) is 0 Å². The number of nitrogens with one attached hydrogen (secondary N) is 2. The SMILES string of the molecule is CNCC(C)C(=O)NCC(O)COc1ccc2c(c1)OCO2.Cl. The van der Waals surface area contributed by atoms with Crippen LogP contribution in [0.15, 0.2) is 18.2 Å². The first-order valence-electron chi connectivity index (χ1n) is 7.23. The van der Waals surface area contributed by atoms with Crippen molar-refractivity contribution in [3.8, 4) is 17.2 Å². The van der Waals surface area contributed by atoms with Gasteiger partial charge in [0.25, 0.3) is 0 Å². The molecule has 0 saturated carbocycles. The standard InChI is InChI=1S/C15H22N2O5.ClH/c1-10(6-16-2)15(19)17-7-11(18)8-20-12-3-4-13-14(5-12)22-9-21-13;/h3-5,10-11,16,18H,6-9H2,1-2H3,(H,17,19);1H. The third kappa shape index (κ3) is 5.78. The number of carbonyl (C=O) groups is 1. The molecular formula is C15H23ClN2O5. The molecule has 1 aromatic rings. The molecule has 1 aliphatic rings. The van der Waals surface area contributed by atoms with E-state index in [9.17, 15) is 9.90 Å². The summed E-state index contributed by atoms with van der Waals surface area (Å²) in [6, 6.07) is 5.21. The first-order valence-corrected chi connectivity index (χ1v) is 7.23. The highest BCUT2D eigenvalue weighted by atomic mass is 35.5. The summed E-state index contributed by atoms with van der Waals surface area (Å²) in [5.74, 6) is 1.64. The first kappa shape index (κ1) is 19.3. The Hall–Kier alpha value is -1.70. The van der Waals surface area contributed by atoms with E-state index in [2.05, 4.69) is 10.6 Å². The maximum absolute atomic E-state index is 11.7. The van der Waals surface area contributed by atoms with Gasteiger partial charge in [-0.2, -0.15) is 0 Å². The van der Waals surface area contributed by atoms with Gasteiger partial charge in [-0.1, -0.05) is 6.92 Å². The number of ether oxygens (including phenoxy) is 3. The molecule has 8 heteroatoms. The fourth-order valence-electron chi connectivity index (χ4n) is 2.01. The van der Waals surface area contributed by atoms with Gasteiger partial charge in [0.2, 0.25) is 12.7 Å². The molecule has 1 aromatic carbocycles. The predicted molar refractivity (Wildman–Crippen MR) is 87.4 cm³/mol. The average Bonchev–Trinajstić information content (AvgIpc) is 2.98. The third-order valence-corrected chi connectivity index (χ3v) is 3.26. The summed E-state index contributed by atoms with van der Waals surface area (Å²) in [6.45, 7) is 2.85. The lowest BCUT2D eigenvalue weighted by Gasteiger charge is -2.15. The lowest BCUT2D eigenvalue weighted by atomic mass is 10.1. The van der Waals surface area contributed by atoms with Gasteiger partial charge in [-0.25, -0.2) is 0 Å². The summed E-state index contributed by atoms with van der Waals surface area (Å²) in [5, 5.41) is 15.5. The number of aliphatic hydroxyl groups excluding tert-OH is 1. The topological polar surface area (TPSA) is 89.1 Å². The highest BCUT2D eigenvalue weighted by molar-refractivity contribution is 5.85. The van der Waals surface area contributed by atoms with Crippen molar-refractivity contribution in [2.75, 3.05) is 33.5 Å². The molecule has 2 atom stereocenters. The molecule has 130 valence electrons. The van der Waals surface area contributed by atoms with E-state index < -0.39 is 6.10 Å². The number of halogens is 1. The molecule has 0 bridgehead atoms.